The molecule has 0 aromatic heterocycles. The molecule has 0 spiro atoms. The van der Waals surface area contributed by atoms with E-state index in [0.717, 1.165) is 58.4 Å². The zero-order valence-electron chi connectivity index (χ0n) is 15.7. The first-order valence-corrected chi connectivity index (χ1v) is 10.1. The molecule has 2 fully saturated rings. The van der Waals surface area contributed by atoms with Crippen molar-refractivity contribution in [2.75, 3.05) is 39.5 Å². The van der Waals surface area contributed by atoms with Crippen molar-refractivity contribution in [3.05, 3.63) is 35.9 Å². The maximum Gasteiger partial charge on any atom is 0.0720 e. The molecule has 1 heterocycles. The number of benzene rings is 1. The molecule has 3 rings (SSSR count). The predicted octanol–water partition coefficient (Wildman–Crippen LogP) is 2.93. The van der Waals surface area contributed by atoms with Crippen molar-refractivity contribution in [1.82, 2.24) is 5.32 Å². The van der Waals surface area contributed by atoms with Gasteiger partial charge in [0, 0.05) is 13.2 Å². The summed E-state index contributed by atoms with van der Waals surface area (Å²) in [7, 11) is 0. The van der Waals surface area contributed by atoms with Crippen LogP contribution >= 0.6 is 0 Å². The van der Waals surface area contributed by atoms with Crippen molar-refractivity contribution in [1.29, 1.82) is 0 Å². The van der Waals surface area contributed by atoms with Crippen molar-refractivity contribution in [3.8, 4) is 0 Å². The molecule has 0 unspecified atom stereocenters. The zero-order valence-corrected chi connectivity index (χ0v) is 15.7. The average molecular weight is 363 g/mol. The predicted molar refractivity (Wildman–Crippen MR) is 101 cm³/mol. The topological polar surface area (TPSA) is 49.0 Å². The molecule has 0 amide bonds. The Balaban J connectivity index is 1.08. The first-order valence-electron chi connectivity index (χ1n) is 10.1. The lowest BCUT2D eigenvalue weighted by atomic mass is 9.92. The lowest BCUT2D eigenvalue weighted by molar-refractivity contribution is -0.109. The second-order valence-corrected chi connectivity index (χ2v) is 7.17. The van der Waals surface area contributed by atoms with Crippen molar-refractivity contribution < 1.29 is 18.9 Å². The molecule has 26 heavy (non-hydrogen) atoms. The van der Waals surface area contributed by atoms with E-state index in [0.29, 0.717) is 38.1 Å². The Kier molecular flexibility index (Phi) is 8.88. The van der Waals surface area contributed by atoms with Gasteiger partial charge in [-0.25, -0.2) is 0 Å². The summed E-state index contributed by atoms with van der Waals surface area (Å²) >= 11 is 0. The van der Waals surface area contributed by atoms with E-state index in [1.54, 1.807) is 0 Å². The van der Waals surface area contributed by atoms with E-state index in [9.17, 15) is 0 Å². The van der Waals surface area contributed by atoms with Crippen molar-refractivity contribution in [2.24, 2.45) is 0 Å². The first-order chi connectivity index (χ1) is 12.9. The van der Waals surface area contributed by atoms with Crippen LogP contribution in [0.4, 0.5) is 0 Å². The molecule has 1 aliphatic carbocycles. The van der Waals surface area contributed by atoms with E-state index in [4.69, 9.17) is 18.9 Å². The monoisotopic (exact) mass is 363 g/mol. The summed E-state index contributed by atoms with van der Waals surface area (Å²) in [4.78, 5) is 0. The molecule has 0 bridgehead atoms. The number of ether oxygens (including phenoxy) is 4. The standard InChI is InChI=1S/C21H33NO4/c1-2-5-18(6-3-1)17-26-21-15-20(16-21)24-12-4-11-23-13-14-25-19-7-9-22-10-8-19/h1-3,5-6,19-22H,4,7-17H2. The van der Waals surface area contributed by atoms with Crippen LogP contribution in [0.2, 0.25) is 0 Å². The summed E-state index contributed by atoms with van der Waals surface area (Å²) < 4.78 is 23.2. The van der Waals surface area contributed by atoms with Crippen molar-refractivity contribution in [2.45, 2.75) is 57.0 Å². The number of hydrogen-bond donors (Lipinski definition) is 1. The van der Waals surface area contributed by atoms with Gasteiger partial charge in [0.2, 0.25) is 0 Å². The molecule has 1 aromatic rings. The van der Waals surface area contributed by atoms with Gasteiger partial charge in [-0.3, -0.25) is 0 Å². The summed E-state index contributed by atoms with van der Waals surface area (Å²) in [5.74, 6) is 0. The molecule has 1 saturated heterocycles. The van der Waals surface area contributed by atoms with Crippen LogP contribution in [0.1, 0.15) is 37.7 Å². The second-order valence-electron chi connectivity index (χ2n) is 7.17. The fraction of sp³-hybridized carbons (Fsp3) is 0.714. The average Bonchev–Trinajstić information content (AvgIpc) is 2.66. The van der Waals surface area contributed by atoms with Gasteiger partial charge in [0.25, 0.3) is 0 Å². The molecule has 5 nitrogen and oxygen atoms in total. The Morgan fingerprint density at radius 3 is 2.31 bits per heavy atom. The van der Waals surface area contributed by atoms with E-state index in [-0.39, 0.29) is 0 Å². The third-order valence-corrected chi connectivity index (χ3v) is 5.03. The fourth-order valence-corrected chi connectivity index (χ4v) is 3.33. The second kappa shape index (κ2) is 11.7. The third-order valence-electron chi connectivity index (χ3n) is 5.03. The van der Waals surface area contributed by atoms with Gasteiger partial charge in [0.05, 0.1) is 38.1 Å². The fourth-order valence-electron chi connectivity index (χ4n) is 3.33. The first kappa shape index (κ1) is 19.8. The minimum atomic E-state index is 0.351. The van der Waals surface area contributed by atoms with Crippen LogP contribution in [0.3, 0.4) is 0 Å². The maximum absolute atomic E-state index is 5.89. The highest BCUT2D eigenvalue weighted by atomic mass is 16.5. The summed E-state index contributed by atoms with van der Waals surface area (Å²) in [6.07, 6.45) is 6.33. The summed E-state index contributed by atoms with van der Waals surface area (Å²) in [5, 5.41) is 3.34. The molecule has 1 aromatic carbocycles. The van der Waals surface area contributed by atoms with E-state index < -0.39 is 0 Å². The van der Waals surface area contributed by atoms with E-state index in [2.05, 4.69) is 17.4 Å². The van der Waals surface area contributed by atoms with E-state index in [1.807, 2.05) is 18.2 Å². The van der Waals surface area contributed by atoms with Crippen molar-refractivity contribution >= 4 is 0 Å². The molecule has 2 aliphatic rings. The lowest BCUT2D eigenvalue weighted by Gasteiger charge is -2.35. The Morgan fingerprint density at radius 1 is 0.769 bits per heavy atom. The summed E-state index contributed by atoms with van der Waals surface area (Å²) in [6.45, 7) is 5.74. The molecule has 1 N–H and O–H groups in total. The minimum absolute atomic E-state index is 0.351. The van der Waals surface area contributed by atoms with Crippen LogP contribution in [-0.4, -0.2) is 57.8 Å². The van der Waals surface area contributed by atoms with Gasteiger partial charge in [-0.05, 0) is 50.8 Å². The van der Waals surface area contributed by atoms with Crippen LogP contribution in [0.5, 0.6) is 0 Å². The molecule has 0 atom stereocenters. The smallest absolute Gasteiger partial charge is 0.0720 e. The number of piperidine rings is 1. The third kappa shape index (κ3) is 7.33. The van der Waals surface area contributed by atoms with Crippen LogP contribution in [0, 0.1) is 0 Å². The lowest BCUT2D eigenvalue weighted by Crippen LogP contribution is -2.37. The molecule has 146 valence electrons. The normalized spacial score (nSPS) is 23.7. The quantitative estimate of drug-likeness (QED) is 0.579. The molecule has 0 radical (unpaired) electrons. The van der Waals surface area contributed by atoms with Gasteiger partial charge >= 0.3 is 0 Å². The highest BCUT2D eigenvalue weighted by Crippen LogP contribution is 2.27. The van der Waals surface area contributed by atoms with Gasteiger partial charge in [0.15, 0.2) is 0 Å². The van der Waals surface area contributed by atoms with Crippen molar-refractivity contribution in [3.63, 3.8) is 0 Å². The number of nitrogens with one attached hydrogen (secondary N) is 1. The van der Waals surface area contributed by atoms with Crippen LogP contribution in [0.15, 0.2) is 30.3 Å². The minimum Gasteiger partial charge on any atom is -0.379 e. The Labute approximate surface area is 157 Å². The number of hydrogen-bond acceptors (Lipinski definition) is 5. The van der Waals surface area contributed by atoms with Gasteiger partial charge < -0.3 is 24.3 Å². The Morgan fingerprint density at radius 2 is 1.50 bits per heavy atom. The molecular formula is C21H33NO4. The molecule has 1 aliphatic heterocycles. The van der Waals surface area contributed by atoms with E-state index >= 15 is 0 Å². The summed E-state index contributed by atoms with van der Waals surface area (Å²) in [6, 6.07) is 10.3. The Bertz CT molecular complexity index is 472. The highest BCUT2D eigenvalue weighted by Gasteiger charge is 2.30. The maximum atomic E-state index is 5.89. The van der Waals surface area contributed by atoms with Crippen LogP contribution in [-0.2, 0) is 25.6 Å². The van der Waals surface area contributed by atoms with Crippen LogP contribution in [0.25, 0.3) is 0 Å². The summed E-state index contributed by atoms with van der Waals surface area (Å²) in [5.41, 5.74) is 1.23. The van der Waals surface area contributed by atoms with Gasteiger partial charge in [-0.1, -0.05) is 30.3 Å². The molecular weight excluding hydrogens is 330 g/mol. The van der Waals surface area contributed by atoms with Gasteiger partial charge in [-0.2, -0.15) is 0 Å². The van der Waals surface area contributed by atoms with Gasteiger partial charge in [-0.15, -0.1) is 0 Å². The van der Waals surface area contributed by atoms with Crippen LogP contribution < -0.4 is 5.32 Å². The largest absolute Gasteiger partial charge is 0.379 e. The Hall–Kier alpha value is -0.980. The molecule has 5 heteroatoms. The number of rotatable bonds is 12. The van der Waals surface area contributed by atoms with E-state index in [1.165, 1.54) is 5.56 Å². The zero-order chi connectivity index (χ0) is 17.9. The van der Waals surface area contributed by atoms with Gasteiger partial charge in [0.1, 0.15) is 0 Å². The molecule has 1 saturated carbocycles. The highest BCUT2D eigenvalue weighted by molar-refractivity contribution is 5.13. The SMILES string of the molecule is c1ccc(COC2CC(OCCCOCCOC3CCNCC3)C2)cc1.